The first-order valence-electron chi connectivity index (χ1n) is 3.79. The van der Waals surface area contributed by atoms with Crippen LogP contribution in [0.5, 0.6) is 0 Å². The van der Waals surface area contributed by atoms with E-state index in [-0.39, 0.29) is 6.54 Å². The lowest BCUT2D eigenvalue weighted by molar-refractivity contribution is -0.190. The van der Waals surface area contributed by atoms with Crippen LogP contribution in [-0.2, 0) is 11.4 Å². The predicted molar refractivity (Wildman–Crippen MR) is 45.7 cm³/mol. The van der Waals surface area contributed by atoms with Gasteiger partial charge >= 0.3 is 6.18 Å². The maximum Gasteiger partial charge on any atom is 0.413 e. The van der Waals surface area contributed by atoms with Crippen LogP contribution in [0.4, 0.5) is 13.2 Å². The van der Waals surface area contributed by atoms with Gasteiger partial charge in [0.15, 0.2) is 6.61 Å². The van der Waals surface area contributed by atoms with E-state index in [0.29, 0.717) is 0 Å². The summed E-state index contributed by atoms with van der Waals surface area (Å²) in [6.07, 6.45) is -4.30. The van der Waals surface area contributed by atoms with Gasteiger partial charge in [-0.05, 0) is 6.92 Å². The Morgan fingerprint density at radius 3 is 2.79 bits per heavy atom. The van der Waals surface area contributed by atoms with Crippen LogP contribution < -0.4 is 5.48 Å². The third-order valence-electron chi connectivity index (χ3n) is 1.42. The lowest BCUT2D eigenvalue weighted by Gasteiger charge is -2.07. The van der Waals surface area contributed by atoms with Crippen molar-refractivity contribution in [2.45, 2.75) is 19.6 Å². The molecule has 0 unspecified atom stereocenters. The molecule has 1 aromatic heterocycles. The molecule has 1 heterocycles. The number of nitrogens with one attached hydrogen (secondary N) is 1. The Hall–Kier alpha value is -0.660. The predicted octanol–water partition coefficient (Wildman–Crippen LogP) is 2.04. The second kappa shape index (κ2) is 4.72. The van der Waals surface area contributed by atoms with Gasteiger partial charge in [-0.1, -0.05) is 0 Å². The molecule has 3 nitrogen and oxygen atoms in total. The summed E-state index contributed by atoms with van der Waals surface area (Å²) >= 11 is 1.37. The second-order valence-corrected chi connectivity index (χ2v) is 3.53. The second-order valence-electron chi connectivity index (χ2n) is 2.59. The molecule has 0 aliphatic rings. The van der Waals surface area contributed by atoms with Gasteiger partial charge in [-0.2, -0.15) is 18.7 Å². The zero-order valence-electron chi connectivity index (χ0n) is 7.39. The van der Waals surface area contributed by atoms with E-state index in [9.17, 15) is 13.2 Å². The number of halogens is 3. The van der Waals surface area contributed by atoms with Gasteiger partial charge < -0.3 is 0 Å². The van der Waals surface area contributed by atoms with E-state index in [0.717, 1.165) is 10.6 Å². The van der Waals surface area contributed by atoms with E-state index in [1.54, 1.807) is 12.4 Å². The fourth-order valence-electron chi connectivity index (χ4n) is 0.745. The minimum Gasteiger partial charge on any atom is -0.292 e. The summed E-state index contributed by atoms with van der Waals surface area (Å²) in [6, 6.07) is 0. The normalized spacial score (nSPS) is 12.0. The van der Waals surface area contributed by atoms with Crippen LogP contribution in [-0.4, -0.2) is 17.8 Å². The number of aryl methyl sites for hydroxylation is 1. The molecule has 1 N–H and O–H groups in total. The average Bonchev–Trinajstić information content (AvgIpc) is 2.44. The maximum atomic E-state index is 11.6. The van der Waals surface area contributed by atoms with Gasteiger partial charge in [0.25, 0.3) is 0 Å². The smallest absolute Gasteiger partial charge is 0.292 e. The van der Waals surface area contributed by atoms with Crippen molar-refractivity contribution in [2.24, 2.45) is 0 Å². The number of hydrogen-bond acceptors (Lipinski definition) is 4. The van der Waals surface area contributed by atoms with Crippen LogP contribution in [0.25, 0.3) is 0 Å². The van der Waals surface area contributed by atoms with Crippen molar-refractivity contribution in [1.29, 1.82) is 0 Å². The first-order valence-corrected chi connectivity index (χ1v) is 4.67. The van der Waals surface area contributed by atoms with Crippen LogP contribution in [0.2, 0.25) is 0 Å². The zero-order valence-corrected chi connectivity index (χ0v) is 8.21. The molecule has 0 spiro atoms. The molecule has 0 aliphatic heterocycles. The van der Waals surface area contributed by atoms with E-state index in [1.165, 1.54) is 11.3 Å². The monoisotopic (exact) mass is 226 g/mol. The Balaban J connectivity index is 2.20. The number of hydroxylamine groups is 1. The Kier molecular flexibility index (Phi) is 3.85. The van der Waals surface area contributed by atoms with Crippen molar-refractivity contribution in [3.05, 3.63) is 16.1 Å². The molecular formula is C7H9F3N2OS. The summed E-state index contributed by atoms with van der Waals surface area (Å²) < 4.78 is 34.9. The first kappa shape index (κ1) is 11.4. The molecule has 14 heavy (non-hydrogen) atoms. The highest BCUT2D eigenvalue weighted by molar-refractivity contribution is 7.09. The molecule has 7 heteroatoms. The number of hydrogen-bond donors (Lipinski definition) is 1. The number of thiazole rings is 1. The van der Waals surface area contributed by atoms with Gasteiger partial charge in [0.2, 0.25) is 0 Å². The molecule has 0 aliphatic carbocycles. The molecule has 80 valence electrons. The number of nitrogens with zero attached hydrogens (tertiary/aromatic N) is 1. The van der Waals surface area contributed by atoms with Crippen LogP contribution >= 0.6 is 11.3 Å². The molecule has 0 fully saturated rings. The van der Waals surface area contributed by atoms with Crippen molar-refractivity contribution in [3.8, 4) is 0 Å². The van der Waals surface area contributed by atoms with Crippen LogP contribution in [0.15, 0.2) is 5.51 Å². The zero-order chi connectivity index (χ0) is 10.6. The largest absolute Gasteiger partial charge is 0.413 e. The topological polar surface area (TPSA) is 34.2 Å². The fourth-order valence-corrected chi connectivity index (χ4v) is 1.45. The summed E-state index contributed by atoms with van der Waals surface area (Å²) in [6.45, 7) is 0.745. The molecule has 0 saturated carbocycles. The first-order chi connectivity index (χ1) is 6.49. The van der Waals surface area contributed by atoms with E-state index in [1.807, 2.05) is 0 Å². The maximum absolute atomic E-state index is 11.6. The Morgan fingerprint density at radius 2 is 2.29 bits per heavy atom. The summed E-state index contributed by atoms with van der Waals surface area (Å²) in [5.41, 5.74) is 4.67. The van der Waals surface area contributed by atoms with Gasteiger partial charge in [-0.25, -0.2) is 4.98 Å². The molecule has 0 aromatic carbocycles. The van der Waals surface area contributed by atoms with E-state index >= 15 is 0 Å². The van der Waals surface area contributed by atoms with Gasteiger partial charge in [0.1, 0.15) is 0 Å². The molecular weight excluding hydrogens is 217 g/mol. The molecule has 1 rings (SSSR count). The van der Waals surface area contributed by atoms with E-state index in [4.69, 9.17) is 0 Å². The van der Waals surface area contributed by atoms with Gasteiger partial charge in [-0.15, -0.1) is 11.3 Å². The molecule has 0 amide bonds. The van der Waals surface area contributed by atoms with E-state index in [2.05, 4.69) is 15.3 Å². The van der Waals surface area contributed by atoms with Crippen molar-refractivity contribution < 1.29 is 18.0 Å². The Labute approximate surface area is 82.9 Å². The summed E-state index contributed by atoms with van der Waals surface area (Å²) in [7, 11) is 0. The van der Waals surface area contributed by atoms with Crippen LogP contribution in [0.3, 0.4) is 0 Å². The van der Waals surface area contributed by atoms with Crippen LogP contribution in [0, 0.1) is 6.92 Å². The minimum absolute atomic E-state index is 0.243. The Bertz CT molecular complexity index is 287. The lowest BCUT2D eigenvalue weighted by atomic mass is 10.4. The minimum atomic E-state index is -4.30. The van der Waals surface area contributed by atoms with Crippen molar-refractivity contribution in [2.75, 3.05) is 6.61 Å². The van der Waals surface area contributed by atoms with Gasteiger partial charge in [-0.3, -0.25) is 4.84 Å². The molecule has 0 atom stereocenters. The summed E-state index contributed by atoms with van der Waals surface area (Å²) in [5.74, 6) is 0. The number of aromatic nitrogens is 1. The fraction of sp³-hybridized carbons (Fsp3) is 0.571. The molecule has 0 saturated heterocycles. The van der Waals surface area contributed by atoms with Gasteiger partial charge in [0.05, 0.1) is 17.7 Å². The molecule has 0 radical (unpaired) electrons. The SMILES string of the molecule is Cc1ncsc1CNOCC(F)(F)F. The highest BCUT2D eigenvalue weighted by atomic mass is 32.1. The third kappa shape index (κ3) is 4.03. The average molecular weight is 226 g/mol. The lowest BCUT2D eigenvalue weighted by Crippen LogP contribution is -2.24. The Morgan fingerprint density at radius 1 is 1.57 bits per heavy atom. The summed E-state index contributed by atoms with van der Waals surface area (Å²) in [5, 5.41) is 0. The number of alkyl halides is 3. The highest BCUT2D eigenvalue weighted by Gasteiger charge is 2.27. The standard InChI is InChI=1S/C7H9F3N2OS/c1-5-6(14-4-11-5)2-12-13-3-7(8,9)10/h4,12H,2-3H2,1H3. The highest BCUT2D eigenvalue weighted by Crippen LogP contribution is 2.14. The van der Waals surface area contributed by atoms with Crippen LogP contribution in [0.1, 0.15) is 10.6 Å². The van der Waals surface area contributed by atoms with E-state index < -0.39 is 12.8 Å². The quantitative estimate of drug-likeness (QED) is 0.630. The van der Waals surface area contributed by atoms with Crippen molar-refractivity contribution in [3.63, 3.8) is 0 Å². The third-order valence-corrected chi connectivity index (χ3v) is 2.35. The number of rotatable bonds is 4. The van der Waals surface area contributed by atoms with Crippen molar-refractivity contribution >= 4 is 11.3 Å². The summed E-state index contributed by atoms with van der Waals surface area (Å²) in [4.78, 5) is 9.04. The van der Waals surface area contributed by atoms with Gasteiger partial charge in [0, 0.05) is 4.88 Å². The molecule has 0 bridgehead atoms. The molecule has 1 aromatic rings. The van der Waals surface area contributed by atoms with Crippen molar-refractivity contribution in [1.82, 2.24) is 10.5 Å².